The second kappa shape index (κ2) is 12.2. The molecule has 5 N–H and O–H groups in total. The van der Waals surface area contributed by atoms with Gasteiger partial charge in [0.1, 0.15) is 12.4 Å². The van der Waals surface area contributed by atoms with E-state index in [1.54, 1.807) is 18.2 Å². The van der Waals surface area contributed by atoms with Crippen molar-refractivity contribution in [3.63, 3.8) is 0 Å². The van der Waals surface area contributed by atoms with Crippen LogP contribution in [-0.2, 0) is 34.7 Å². The predicted octanol–water partition coefficient (Wildman–Crippen LogP) is 2.85. The summed E-state index contributed by atoms with van der Waals surface area (Å²) in [5, 5.41) is 23.6. The zero-order valence-corrected chi connectivity index (χ0v) is 25.8. The quantitative estimate of drug-likeness (QED) is 0.343. The second-order valence-corrected chi connectivity index (χ2v) is 14.1. The zero-order chi connectivity index (χ0) is 30.4. The van der Waals surface area contributed by atoms with Crippen molar-refractivity contribution in [2.24, 2.45) is 17.3 Å². The minimum absolute atomic E-state index is 0.0237. The van der Waals surface area contributed by atoms with Crippen LogP contribution < -0.4 is 15.4 Å². The van der Waals surface area contributed by atoms with Crippen LogP contribution in [0.2, 0.25) is 5.02 Å². The van der Waals surface area contributed by atoms with Gasteiger partial charge in [-0.05, 0) is 97.6 Å². The third-order valence-corrected chi connectivity index (χ3v) is 11.0. The van der Waals surface area contributed by atoms with Crippen molar-refractivity contribution in [3.05, 3.63) is 70.3 Å². The number of aryl methyl sites for hydroxylation is 1. The van der Waals surface area contributed by atoms with E-state index in [-0.39, 0.29) is 23.4 Å². The van der Waals surface area contributed by atoms with Crippen LogP contribution in [0, 0.1) is 17.3 Å². The summed E-state index contributed by atoms with van der Waals surface area (Å²) < 4.78 is 31.9. The number of allylic oxidation sites excluding steroid dienone is 1. The fraction of sp³-hybridized carbons (Fsp3) is 0.531. The first kappa shape index (κ1) is 30.7. The van der Waals surface area contributed by atoms with Crippen molar-refractivity contribution in [3.8, 4) is 5.75 Å². The molecule has 5 aliphatic rings. The topological polar surface area (TPSA) is 141 Å². The number of rotatable bonds is 2. The van der Waals surface area contributed by atoms with Gasteiger partial charge in [-0.15, -0.1) is 0 Å². The molecule has 2 heterocycles. The first-order valence-electron chi connectivity index (χ1n) is 15.2. The van der Waals surface area contributed by atoms with E-state index < -0.39 is 35.4 Å². The van der Waals surface area contributed by atoms with Crippen LogP contribution in [0.5, 0.6) is 5.75 Å². The number of hydrogen-bond acceptors (Lipinski definition) is 7. The Morgan fingerprint density at radius 1 is 1.09 bits per heavy atom. The number of quaternary nitrogens is 1. The Bertz CT molecular complexity index is 1430. The number of aliphatic hydroxyl groups is 2. The Morgan fingerprint density at radius 2 is 1.91 bits per heavy atom. The Morgan fingerprint density at radius 3 is 2.63 bits per heavy atom. The molecule has 2 aromatic carbocycles. The number of benzene rings is 2. The van der Waals surface area contributed by atoms with E-state index in [0.717, 1.165) is 53.2 Å². The van der Waals surface area contributed by atoms with Gasteiger partial charge in [-0.2, -0.15) is 0 Å². The van der Waals surface area contributed by atoms with Gasteiger partial charge >= 0.3 is 5.91 Å². The van der Waals surface area contributed by atoms with Gasteiger partial charge < -0.3 is 24.4 Å². The van der Waals surface area contributed by atoms with Gasteiger partial charge in [-0.1, -0.05) is 35.9 Å². The van der Waals surface area contributed by atoms with E-state index in [1.165, 1.54) is 0 Å². The Labute approximate surface area is 260 Å². The molecule has 0 radical (unpaired) electrons. The molecule has 4 atom stereocenters. The van der Waals surface area contributed by atoms with Crippen molar-refractivity contribution in [2.75, 3.05) is 31.1 Å². The molecular formula is C32H40ClN3O6S. The van der Waals surface area contributed by atoms with Gasteiger partial charge in [0.05, 0.1) is 18.3 Å². The normalized spacial score (nSPS) is 32.9. The second-order valence-electron chi connectivity index (χ2n) is 12.7. The number of β-amino-alcohol motifs (C(OH)–C–C–N with tert-alkyl or cyclic N) is 1. The highest BCUT2D eigenvalue weighted by atomic mass is 35.5. The average Bonchev–Trinajstić information content (AvgIpc) is 2.96. The summed E-state index contributed by atoms with van der Waals surface area (Å²) >= 11 is 3.66. The van der Waals surface area contributed by atoms with Crippen molar-refractivity contribution < 1.29 is 34.2 Å². The highest BCUT2D eigenvalue weighted by Gasteiger charge is 2.67. The Hall–Kier alpha value is -2.31. The molecule has 2 aliphatic heterocycles. The fourth-order valence-corrected chi connectivity index (χ4v) is 8.42. The first-order chi connectivity index (χ1) is 20.6. The largest absolute Gasteiger partial charge is 0.760 e. The summed E-state index contributed by atoms with van der Waals surface area (Å²) in [5.41, 5.74) is 4.59. The van der Waals surface area contributed by atoms with Crippen LogP contribution in [0.25, 0.3) is 0 Å². The number of aliphatic hydroxyl groups excluding tert-OH is 1. The molecular weight excluding hydrogens is 590 g/mol. The standard InChI is InChI=1S/C32H40ClN3O6S/c33-25-10-8-22-18-42-28-11-9-24-15-26(28)35(12-5-3-6-21(22)14-25)19-31-16-23(17-31)29(31)27(37)7-2-1-4-13-36(43(40)41)20-32(24,39)30(34)38/h2,7-11,14-15,23,27,29,37,39H,1,3-6,12-13,16-20H2,(H2,34,38)(H,40,41)/b7-2+/t23?,27-,29-,31?,32-/m0/s1. The predicted molar refractivity (Wildman–Crippen MR) is 163 cm³/mol. The summed E-state index contributed by atoms with van der Waals surface area (Å²) in [6, 6.07) is 11.0. The lowest BCUT2D eigenvalue weighted by molar-refractivity contribution is -0.326. The maximum atomic E-state index is 12.9. The van der Waals surface area contributed by atoms with E-state index in [0.29, 0.717) is 49.2 Å². The molecule has 7 rings (SSSR count). The highest BCUT2D eigenvalue weighted by Crippen LogP contribution is 2.70. The van der Waals surface area contributed by atoms with Gasteiger partial charge in [-0.25, -0.2) is 9.10 Å². The maximum absolute atomic E-state index is 12.9. The molecule has 2 aromatic rings. The number of carbonyl (C=O) groups excluding carboxylic acids is 1. The lowest BCUT2D eigenvalue weighted by Crippen LogP contribution is -2.69. The van der Waals surface area contributed by atoms with Crippen molar-refractivity contribution in [1.82, 2.24) is 4.31 Å². The number of nitrogens with zero attached hydrogens (tertiary/aromatic N) is 2. The Balaban J connectivity index is 1.44. The van der Waals surface area contributed by atoms with Crippen molar-refractivity contribution >= 4 is 34.5 Å². The van der Waals surface area contributed by atoms with E-state index in [4.69, 9.17) is 16.3 Å². The molecule has 3 fully saturated rings. The monoisotopic (exact) mass is 629 g/mol. The molecule has 43 heavy (non-hydrogen) atoms. The minimum Gasteiger partial charge on any atom is -0.760 e. The van der Waals surface area contributed by atoms with Crippen LogP contribution in [0.3, 0.4) is 0 Å². The maximum Gasteiger partial charge on any atom is 0.346 e. The third-order valence-electron chi connectivity index (χ3n) is 10.1. The number of carbonyl (C=O) groups is 1. The van der Waals surface area contributed by atoms with E-state index in [9.17, 15) is 23.8 Å². The van der Waals surface area contributed by atoms with E-state index in [2.05, 4.69) is 10.6 Å². The molecule has 3 saturated carbocycles. The number of ether oxygens (including phenoxy) is 1. The molecule has 9 nitrogen and oxygen atoms in total. The molecule has 1 unspecified atom stereocenters. The molecule has 4 bridgehead atoms. The van der Waals surface area contributed by atoms with Crippen molar-refractivity contribution in [1.29, 1.82) is 0 Å². The van der Waals surface area contributed by atoms with Gasteiger partial charge in [0, 0.05) is 41.5 Å². The van der Waals surface area contributed by atoms with Crippen LogP contribution in [0.1, 0.15) is 55.2 Å². The van der Waals surface area contributed by atoms with Crippen LogP contribution in [-0.4, -0.2) is 61.5 Å². The van der Waals surface area contributed by atoms with Crippen LogP contribution in [0.4, 0.5) is 5.69 Å². The van der Waals surface area contributed by atoms with Gasteiger partial charge in [0.2, 0.25) is 5.60 Å². The number of hydrogen-bond donors (Lipinski definition) is 3. The van der Waals surface area contributed by atoms with Gasteiger partial charge in [0.15, 0.2) is 0 Å². The SMILES string of the molecule is [NH3+]C(=O)[C@]1(O)CN(S(=O)[O-])CCC/C=C/[C@H](O)[C@@H]2C3CC2(C3)CN2CCCCc3cc(Cl)ccc3COc3ccc1cc32. The Kier molecular flexibility index (Phi) is 8.74. The number of amides is 1. The molecule has 1 spiro atoms. The van der Waals surface area contributed by atoms with Crippen molar-refractivity contribution in [2.45, 2.75) is 63.3 Å². The smallest absolute Gasteiger partial charge is 0.346 e. The molecule has 232 valence electrons. The zero-order valence-electron chi connectivity index (χ0n) is 24.3. The molecule has 0 saturated heterocycles. The third kappa shape index (κ3) is 5.91. The summed E-state index contributed by atoms with van der Waals surface area (Å²) in [7, 11) is 0. The van der Waals surface area contributed by atoms with Gasteiger partial charge in [-0.3, -0.25) is 9.94 Å². The summed E-state index contributed by atoms with van der Waals surface area (Å²) in [6.45, 7) is 1.43. The molecule has 11 heteroatoms. The lowest BCUT2D eigenvalue weighted by atomic mass is 9.36. The molecule has 3 aliphatic carbocycles. The fourth-order valence-electron chi connectivity index (χ4n) is 7.66. The average molecular weight is 630 g/mol. The van der Waals surface area contributed by atoms with E-state index >= 15 is 0 Å². The minimum atomic E-state index is -2.66. The highest BCUT2D eigenvalue weighted by molar-refractivity contribution is 7.76. The molecule has 0 aromatic heterocycles. The van der Waals surface area contributed by atoms with Gasteiger partial charge in [0.25, 0.3) is 0 Å². The van der Waals surface area contributed by atoms with Crippen LogP contribution in [0.15, 0.2) is 48.6 Å². The molecule has 1 amide bonds. The van der Waals surface area contributed by atoms with E-state index in [1.807, 2.05) is 30.4 Å². The number of halogens is 1. The number of fused-ring (bicyclic) bond motifs is 2. The number of anilines is 1. The first-order valence-corrected chi connectivity index (χ1v) is 16.6. The van der Waals surface area contributed by atoms with Crippen LogP contribution >= 0.6 is 11.6 Å². The lowest BCUT2D eigenvalue weighted by Gasteiger charge is -2.70. The summed E-state index contributed by atoms with van der Waals surface area (Å²) in [5.74, 6) is 0.495. The summed E-state index contributed by atoms with van der Waals surface area (Å²) in [6.07, 6.45) is 9.09. The summed E-state index contributed by atoms with van der Waals surface area (Å²) in [4.78, 5) is 15.2.